The molecule has 0 bridgehead atoms. The number of hydrogen-bond donors (Lipinski definition) is 1. The molecular formula is C17H27ClN2. The molecule has 0 radical (unpaired) electrons. The maximum absolute atomic E-state index is 6.43. The lowest BCUT2D eigenvalue weighted by Crippen LogP contribution is -2.44. The average molecular weight is 295 g/mol. The summed E-state index contributed by atoms with van der Waals surface area (Å²) in [7, 11) is 0. The molecule has 1 aliphatic carbocycles. The molecule has 1 aromatic carbocycles. The van der Waals surface area contributed by atoms with Gasteiger partial charge < -0.3 is 5.73 Å². The summed E-state index contributed by atoms with van der Waals surface area (Å²) in [5, 5.41) is 0.841. The van der Waals surface area contributed by atoms with E-state index < -0.39 is 0 Å². The molecule has 2 unspecified atom stereocenters. The molecule has 0 spiro atoms. The minimum Gasteiger partial charge on any atom is -0.326 e. The van der Waals surface area contributed by atoms with Gasteiger partial charge >= 0.3 is 0 Å². The molecule has 2 rings (SSSR count). The highest BCUT2D eigenvalue weighted by molar-refractivity contribution is 6.31. The molecule has 1 fully saturated rings. The molecule has 1 aliphatic rings. The molecule has 0 aliphatic heterocycles. The molecule has 2 nitrogen and oxygen atoms in total. The first-order chi connectivity index (χ1) is 9.67. The van der Waals surface area contributed by atoms with Crippen molar-refractivity contribution in [1.29, 1.82) is 0 Å². The molecule has 0 aromatic heterocycles. The third-order valence-electron chi connectivity index (χ3n) is 4.62. The van der Waals surface area contributed by atoms with Crippen LogP contribution in [-0.2, 0) is 0 Å². The Morgan fingerprint density at radius 3 is 2.50 bits per heavy atom. The predicted molar refractivity (Wildman–Crippen MR) is 87.0 cm³/mol. The highest BCUT2D eigenvalue weighted by atomic mass is 35.5. The van der Waals surface area contributed by atoms with E-state index in [1.807, 2.05) is 12.1 Å². The Morgan fingerprint density at radius 1 is 1.30 bits per heavy atom. The maximum Gasteiger partial charge on any atom is 0.0513 e. The van der Waals surface area contributed by atoms with Crippen LogP contribution in [-0.4, -0.2) is 24.0 Å². The Hall–Kier alpha value is -0.570. The third kappa shape index (κ3) is 3.55. The normalized spacial score (nSPS) is 18.9. The van der Waals surface area contributed by atoms with Crippen molar-refractivity contribution < 1.29 is 0 Å². The number of nitrogens with two attached hydrogens (primary N) is 1. The van der Waals surface area contributed by atoms with Crippen LogP contribution >= 0.6 is 11.6 Å². The maximum atomic E-state index is 6.43. The van der Waals surface area contributed by atoms with Gasteiger partial charge in [-0.1, -0.05) is 50.1 Å². The summed E-state index contributed by atoms with van der Waals surface area (Å²) in [6.07, 6.45) is 5.09. The fraction of sp³-hybridized carbons (Fsp3) is 0.647. The number of halogens is 1. The molecule has 1 saturated carbocycles. The molecule has 112 valence electrons. The van der Waals surface area contributed by atoms with Crippen LogP contribution in [0.1, 0.15) is 51.1 Å². The second-order valence-electron chi connectivity index (χ2n) is 5.92. The van der Waals surface area contributed by atoms with Crippen LogP contribution in [0.25, 0.3) is 0 Å². The predicted octanol–water partition coefficient (Wildman–Crippen LogP) is 4.24. The van der Waals surface area contributed by atoms with Crippen LogP contribution in [0.3, 0.4) is 0 Å². The molecule has 0 saturated heterocycles. The van der Waals surface area contributed by atoms with Gasteiger partial charge in [-0.05, 0) is 43.4 Å². The van der Waals surface area contributed by atoms with Gasteiger partial charge in [-0.15, -0.1) is 0 Å². The van der Waals surface area contributed by atoms with Crippen molar-refractivity contribution in [3.05, 3.63) is 34.9 Å². The number of rotatable bonds is 7. The summed E-state index contributed by atoms with van der Waals surface area (Å²) in [6.45, 7) is 6.57. The van der Waals surface area contributed by atoms with E-state index in [1.54, 1.807) is 0 Å². The Balaban J connectivity index is 2.23. The topological polar surface area (TPSA) is 29.3 Å². The highest BCUT2D eigenvalue weighted by Gasteiger charge is 2.29. The van der Waals surface area contributed by atoms with E-state index in [4.69, 9.17) is 17.3 Å². The lowest BCUT2D eigenvalue weighted by atomic mass is 9.84. The van der Waals surface area contributed by atoms with E-state index >= 15 is 0 Å². The van der Waals surface area contributed by atoms with E-state index in [9.17, 15) is 0 Å². The van der Waals surface area contributed by atoms with Crippen LogP contribution in [0.4, 0.5) is 0 Å². The van der Waals surface area contributed by atoms with E-state index in [0.717, 1.165) is 30.5 Å². The zero-order valence-corrected chi connectivity index (χ0v) is 13.4. The van der Waals surface area contributed by atoms with Gasteiger partial charge in [0, 0.05) is 17.6 Å². The average Bonchev–Trinajstić information content (AvgIpc) is 2.42. The van der Waals surface area contributed by atoms with E-state index in [2.05, 4.69) is 30.9 Å². The van der Waals surface area contributed by atoms with Crippen molar-refractivity contribution in [3.8, 4) is 0 Å². The number of hydrogen-bond acceptors (Lipinski definition) is 2. The van der Waals surface area contributed by atoms with Crippen LogP contribution in [0.15, 0.2) is 24.3 Å². The summed E-state index contributed by atoms with van der Waals surface area (Å²) < 4.78 is 0. The van der Waals surface area contributed by atoms with Gasteiger partial charge in [0.15, 0.2) is 0 Å². The Morgan fingerprint density at radius 2 is 2.00 bits per heavy atom. The molecule has 0 amide bonds. The third-order valence-corrected chi connectivity index (χ3v) is 4.96. The van der Waals surface area contributed by atoms with E-state index in [1.165, 1.54) is 24.8 Å². The number of nitrogens with zero attached hydrogens (tertiary/aromatic N) is 1. The van der Waals surface area contributed by atoms with E-state index in [-0.39, 0.29) is 12.1 Å². The van der Waals surface area contributed by atoms with Crippen molar-refractivity contribution in [1.82, 2.24) is 4.90 Å². The van der Waals surface area contributed by atoms with Gasteiger partial charge in [0.1, 0.15) is 0 Å². The van der Waals surface area contributed by atoms with Crippen molar-refractivity contribution in [2.45, 2.75) is 51.6 Å². The van der Waals surface area contributed by atoms with Crippen LogP contribution < -0.4 is 5.73 Å². The summed E-state index contributed by atoms with van der Waals surface area (Å²) in [5.41, 5.74) is 7.61. The summed E-state index contributed by atoms with van der Waals surface area (Å²) in [4.78, 5) is 2.53. The van der Waals surface area contributed by atoms with Gasteiger partial charge in [0.05, 0.1) is 6.04 Å². The van der Waals surface area contributed by atoms with E-state index in [0.29, 0.717) is 0 Å². The monoisotopic (exact) mass is 294 g/mol. The second-order valence-corrected chi connectivity index (χ2v) is 6.33. The summed E-state index contributed by atoms with van der Waals surface area (Å²) in [5.74, 6) is 0.851. The lowest BCUT2D eigenvalue weighted by Gasteiger charge is -2.39. The SMILES string of the molecule is CCC(N)C(c1ccccc1Cl)N(CC)CC1CCC1. The molecule has 2 atom stereocenters. The zero-order chi connectivity index (χ0) is 14.5. The standard InChI is InChI=1S/C17H27ClN2/c1-3-16(19)17(14-10-5-6-11-15(14)18)20(4-2)12-13-8-7-9-13/h5-6,10-11,13,16-17H,3-4,7-9,12,19H2,1-2H3. The fourth-order valence-corrected chi connectivity index (χ4v) is 3.33. The molecule has 0 heterocycles. The number of benzene rings is 1. The first kappa shape index (κ1) is 15.8. The first-order valence-electron chi connectivity index (χ1n) is 7.91. The van der Waals surface area contributed by atoms with Crippen molar-refractivity contribution in [3.63, 3.8) is 0 Å². The quantitative estimate of drug-likeness (QED) is 0.815. The second kappa shape index (κ2) is 7.44. The number of likely N-dealkylation sites (N-methyl/N-ethyl adjacent to an activating group) is 1. The molecule has 2 N–H and O–H groups in total. The highest BCUT2D eigenvalue weighted by Crippen LogP contribution is 2.34. The van der Waals surface area contributed by atoms with Crippen LogP contribution in [0.5, 0.6) is 0 Å². The fourth-order valence-electron chi connectivity index (χ4n) is 3.08. The molecular weight excluding hydrogens is 268 g/mol. The Kier molecular flexibility index (Phi) is 5.88. The minimum absolute atomic E-state index is 0.134. The largest absolute Gasteiger partial charge is 0.326 e. The van der Waals surface area contributed by atoms with Gasteiger partial charge in [0.25, 0.3) is 0 Å². The van der Waals surface area contributed by atoms with Gasteiger partial charge in [-0.2, -0.15) is 0 Å². The van der Waals surface area contributed by atoms with Gasteiger partial charge in [-0.3, -0.25) is 4.90 Å². The zero-order valence-electron chi connectivity index (χ0n) is 12.7. The van der Waals surface area contributed by atoms with Crippen LogP contribution in [0, 0.1) is 5.92 Å². The Labute approximate surface area is 128 Å². The molecule has 20 heavy (non-hydrogen) atoms. The molecule has 1 aromatic rings. The first-order valence-corrected chi connectivity index (χ1v) is 8.29. The minimum atomic E-state index is 0.134. The Bertz CT molecular complexity index is 417. The van der Waals surface area contributed by atoms with Crippen molar-refractivity contribution >= 4 is 11.6 Å². The smallest absolute Gasteiger partial charge is 0.0513 e. The van der Waals surface area contributed by atoms with Gasteiger partial charge in [-0.25, -0.2) is 0 Å². The lowest BCUT2D eigenvalue weighted by molar-refractivity contribution is 0.121. The summed E-state index contributed by atoms with van der Waals surface area (Å²) in [6, 6.07) is 8.53. The van der Waals surface area contributed by atoms with Crippen molar-refractivity contribution in [2.75, 3.05) is 13.1 Å². The summed E-state index contributed by atoms with van der Waals surface area (Å²) >= 11 is 6.42. The molecule has 3 heteroatoms. The van der Waals surface area contributed by atoms with Gasteiger partial charge in [0.2, 0.25) is 0 Å². The van der Waals surface area contributed by atoms with Crippen molar-refractivity contribution in [2.24, 2.45) is 11.7 Å². The van der Waals surface area contributed by atoms with Crippen LogP contribution in [0.2, 0.25) is 5.02 Å².